The van der Waals surface area contributed by atoms with Gasteiger partial charge in [0, 0.05) is 0 Å². The average molecular weight is 289 g/mol. The zero-order valence-electron chi connectivity index (χ0n) is 12.1. The summed E-state index contributed by atoms with van der Waals surface area (Å²) in [5.74, 6) is -0.387. The van der Waals surface area contributed by atoms with Gasteiger partial charge in [-0.05, 0) is 31.0 Å². The average Bonchev–Trinajstić information content (AvgIpc) is 2.49. The van der Waals surface area contributed by atoms with Crippen LogP contribution in [0.15, 0.2) is 30.6 Å². The van der Waals surface area contributed by atoms with Gasteiger partial charge < -0.3 is 10.1 Å². The molecule has 6 heteroatoms. The molecule has 110 valence electrons. The second-order valence-electron chi connectivity index (χ2n) is 4.66. The van der Waals surface area contributed by atoms with E-state index in [0.717, 1.165) is 5.56 Å². The molecule has 21 heavy (non-hydrogen) atoms. The van der Waals surface area contributed by atoms with Crippen LogP contribution in [-0.2, 0) is 4.74 Å². The summed E-state index contributed by atoms with van der Waals surface area (Å²) in [5.41, 5.74) is 1.49. The molecule has 1 atom stereocenters. The van der Waals surface area contributed by atoms with Gasteiger partial charge in [0.25, 0.3) is 0 Å². The normalized spacial score (nSPS) is 11.8. The molecule has 0 bridgehead atoms. The molecule has 0 saturated carbocycles. The van der Waals surface area contributed by atoms with Crippen molar-refractivity contribution >= 4 is 11.8 Å². The highest BCUT2D eigenvalue weighted by Gasteiger charge is 2.12. The Balaban J connectivity index is 2.17. The zero-order valence-corrected chi connectivity index (χ0v) is 12.1. The molecular weight excluding hydrogens is 273 g/mol. The third kappa shape index (κ3) is 3.53. The predicted molar refractivity (Wildman–Crippen MR) is 76.5 cm³/mol. The molecule has 0 aliphatic heterocycles. The lowest BCUT2D eigenvalue weighted by atomic mass is 10.1. The fourth-order valence-corrected chi connectivity index (χ4v) is 1.82. The van der Waals surface area contributed by atoms with Gasteiger partial charge in [-0.15, -0.1) is 0 Å². The highest BCUT2D eigenvalue weighted by Crippen LogP contribution is 2.20. The second kappa shape index (κ2) is 6.30. The van der Waals surface area contributed by atoms with Gasteiger partial charge in [0.15, 0.2) is 5.69 Å². The molecule has 0 aliphatic carbocycles. The summed E-state index contributed by atoms with van der Waals surface area (Å²) in [4.78, 5) is 19.4. The van der Waals surface area contributed by atoms with E-state index in [9.17, 15) is 9.18 Å². The van der Waals surface area contributed by atoms with Gasteiger partial charge in [-0.1, -0.05) is 12.1 Å². The third-order valence-corrected chi connectivity index (χ3v) is 3.09. The molecule has 2 aromatic rings. The number of benzene rings is 1. The van der Waals surface area contributed by atoms with E-state index in [4.69, 9.17) is 0 Å². The van der Waals surface area contributed by atoms with Crippen LogP contribution in [0.1, 0.15) is 34.6 Å². The van der Waals surface area contributed by atoms with E-state index in [0.29, 0.717) is 11.4 Å². The SMILES string of the molecule is COC(=O)c1cncc(NC(C)c2ccc(C)c(F)c2)n1. The number of hydrogen-bond acceptors (Lipinski definition) is 5. The number of rotatable bonds is 4. The molecule has 0 radical (unpaired) electrons. The Hall–Kier alpha value is -2.50. The number of aromatic nitrogens is 2. The van der Waals surface area contributed by atoms with Gasteiger partial charge in [0.1, 0.15) is 11.6 Å². The molecule has 0 aliphatic rings. The number of nitrogens with one attached hydrogen (secondary N) is 1. The molecule has 0 amide bonds. The van der Waals surface area contributed by atoms with Gasteiger partial charge in [-0.3, -0.25) is 4.98 Å². The van der Waals surface area contributed by atoms with Crippen LogP contribution in [0.2, 0.25) is 0 Å². The molecule has 1 N–H and O–H groups in total. The van der Waals surface area contributed by atoms with Crippen molar-refractivity contribution in [3.8, 4) is 0 Å². The minimum absolute atomic E-state index is 0.116. The second-order valence-corrected chi connectivity index (χ2v) is 4.66. The number of nitrogens with zero attached hydrogens (tertiary/aromatic N) is 2. The number of halogens is 1. The van der Waals surface area contributed by atoms with Crippen molar-refractivity contribution in [2.75, 3.05) is 12.4 Å². The highest BCUT2D eigenvalue weighted by molar-refractivity contribution is 5.87. The van der Waals surface area contributed by atoms with E-state index in [1.54, 1.807) is 13.0 Å². The number of aryl methyl sites for hydroxylation is 1. The number of carbonyl (C=O) groups is 1. The van der Waals surface area contributed by atoms with Crippen molar-refractivity contribution in [2.45, 2.75) is 19.9 Å². The van der Waals surface area contributed by atoms with E-state index in [1.165, 1.54) is 25.6 Å². The third-order valence-electron chi connectivity index (χ3n) is 3.09. The Labute approximate surface area is 122 Å². The van der Waals surface area contributed by atoms with E-state index in [-0.39, 0.29) is 17.6 Å². The van der Waals surface area contributed by atoms with Crippen molar-refractivity contribution in [1.29, 1.82) is 0 Å². The predicted octanol–water partition coefficient (Wildman–Crippen LogP) is 2.88. The number of hydrogen-bond donors (Lipinski definition) is 1. The first-order valence-corrected chi connectivity index (χ1v) is 6.44. The number of anilines is 1. The number of carbonyl (C=O) groups excluding carboxylic acids is 1. The number of methoxy groups -OCH3 is 1. The topological polar surface area (TPSA) is 64.1 Å². The molecule has 1 unspecified atom stereocenters. The Morgan fingerprint density at radius 1 is 1.38 bits per heavy atom. The molecule has 5 nitrogen and oxygen atoms in total. The Morgan fingerprint density at radius 2 is 2.14 bits per heavy atom. The largest absolute Gasteiger partial charge is 0.464 e. The van der Waals surface area contributed by atoms with Gasteiger partial charge in [-0.2, -0.15) is 0 Å². The standard InChI is InChI=1S/C15H16FN3O2/c1-9-4-5-11(6-12(9)16)10(2)18-14-8-17-7-13(19-14)15(20)21-3/h4-8,10H,1-3H3,(H,18,19). The lowest BCUT2D eigenvalue weighted by molar-refractivity contribution is 0.0593. The highest BCUT2D eigenvalue weighted by atomic mass is 19.1. The molecule has 1 heterocycles. The van der Waals surface area contributed by atoms with E-state index in [1.807, 2.05) is 13.0 Å². The lowest BCUT2D eigenvalue weighted by Gasteiger charge is -2.15. The minimum atomic E-state index is -0.555. The van der Waals surface area contributed by atoms with E-state index in [2.05, 4.69) is 20.0 Å². The Bertz CT molecular complexity index is 661. The monoisotopic (exact) mass is 289 g/mol. The summed E-state index contributed by atoms with van der Waals surface area (Å²) >= 11 is 0. The van der Waals surface area contributed by atoms with Crippen LogP contribution >= 0.6 is 0 Å². The molecule has 0 saturated heterocycles. The van der Waals surface area contributed by atoms with E-state index < -0.39 is 5.97 Å². The molecule has 0 fully saturated rings. The fourth-order valence-electron chi connectivity index (χ4n) is 1.82. The maximum atomic E-state index is 13.6. The Kier molecular flexibility index (Phi) is 4.47. The minimum Gasteiger partial charge on any atom is -0.464 e. The van der Waals surface area contributed by atoms with Crippen LogP contribution in [0, 0.1) is 12.7 Å². The lowest BCUT2D eigenvalue weighted by Crippen LogP contribution is -2.11. The van der Waals surface area contributed by atoms with Crippen molar-refractivity contribution in [3.63, 3.8) is 0 Å². The van der Waals surface area contributed by atoms with Crippen LogP contribution in [0.5, 0.6) is 0 Å². The van der Waals surface area contributed by atoms with Crippen LogP contribution in [0.4, 0.5) is 10.2 Å². The first-order chi connectivity index (χ1) is 10.0. The van der Waals surface area contributed by atoms with Crippen molar-refractivity contribution < 1.29 is 13.9 Å². The molecule has 2 rings (SSSR count). The summed E-state index contributed by atoms with van der Waals surface area (Å²) < 4.78 is 18.2. The molecular formula is C15H16FN3O2. The van der Waals surface area contributed by atoms with Crippen LogP contribution < -0.4 is 5.32 Å². The maximum absolute atomic E-state index is 13.6. The summed E-state index contributed by atoms with van der Waals surface area (Å²) in [6.07, 6.45) is 2.82. The fraction of sp³-hybridized carbons (Fsp3) is 0.267. The molecule has 1 aromatic heterocycles. The van der Waals surface area contributed by atoms with Crippen molar-refractivity contribution in [3.05, 3.63) is 53.2 Å². The van der Waals surface area contributed by atoms with Gasteiger partial charge in [-0.25, -0.2) is 14.2 Å². The van der Waals surface area contributed by atoms with Crippen LogP contribution in [0.25, 0.3) is 0 Å². The smallest absolute Gasteiger partial charge is 0.358 e. The molecule has 0 spiro atoms. The maximum Gasteiger partial charge on any atom is 0.358 e. The van der Waals surface area contributed by atoms with Crippen molar-refractivity contribution in [1.82, 2.24) is 9.97 Å². The summed E-state index contributed by atoms with van der Waals surface area (Å²) in [6, 6.07) is 4.86. The first-order valence-electron chi connectivity index (χ1n) is 6.44. The van der Waals surface area contributed by atoms with Gasteiger partial charge >= 0.3 is 5.97 Å². The number of ether oxygens (including phenoxy) is 1. The van der Waals surface area contributed by atoms with Crippen molar-refractivity contribution in [2.24, 2.45) is 0 Å². The zero-order chi connectivity index (χ0) is 15.4. The van der Waals surface area contributed by atoms with Gasteiger partial charge in [0.05, 0.1) is 25.5 Å². The van der Waals surface area contributed by atoms with E-state index >= 15 is 0 Å². The Morgan fingerprint density at radius 3 is 2.81 bits per heavy atom. The van der Waals surface area contributed by atoms with Gasteiger partial charge in [0.2, 0.25) is 0 Å². The summed E-state index contributed by atoms with van der Waals surface area (Å²) in [6.45, 7) is 3.58. The quantitative estimate of drug-likeness (QED) is 0.877. The number of esters is 1. The summed E-state index contributed by atoms with van der Waals surface area (Å²) in [7, 11) is 1.28. The van der Waals surface area contributed by atoms with Crippen LogP contribution in [-0.4, -0.2) is 23.0 Å². The first kappa shape index (κ1) is 14.9. The summed E-state index contributed by atoms with van der Waals surface area (Å²) in [5, 5.41) is 3.08. The van der Waals surface area contributed by atoms with Crippen LogP contribution in [0.3, 0.4) is 0 Å². The molecule has 1 aromatic carbocycles.